The maximum Gasteiger partial charge on any atom is 0.235 e. The number of rotatable bonds is 4. The summed E-state index contributed by atoms with van der Waals surface area (Å²) in [6, 6.07) is 15.9. The second-order valence-corrected chi connectivity index (χ2v) is 9.02. The zero-order valence-electron chi connectivity index (χ0n) is 16.3. The fourth-order valence-electron chi connectivity index (χ4n) is 5.39. The van der Waals surface area contributed by atoms with E-state index in [1.807, 2.05) is 36.4 Å². The first-order valence-corrected chi connectivity index (χ1v) is 10.9. The van der Waals surface area contributed by atoms with Crippen molar-refractivity contribution in [1.29, 1.82) is 0 Å². The number of methoxy groups -OCH3 is 1. The number of benzene rings is 2. The first-order chi connectivity index (χ1) is 14.1. The fourth-order valence-corrected chi connectivity index (χ4v) is 5.66. The molecule has 29 heavy (non-hydrogen) atoms. The molecule has 0 bridgehead atoms. The molecule has 0 saturated carbocycles. The van der Waals surface area contributed by atoms with E-state index < -0.39 is 0 Å². The number of likely N-dealkylation sites (tertiary alicyclic amines) is 1. The maximum atomic E-state index is 13.5. The molecule has 0 aliphatic carbocycles. The van der Waals surface area contributed by atoms with Crippen molar-refractivity contribution < 1.29 is 14.3 Å². The van der Waals surface area contributed by atoms with E-state index >= 15 is 0 Å². The van der Waals surface area contributed by atoms with Crippen LogP contribution in [0.3, 0.4) is 0 Å². The molecule has 3 saturated heterocycles. The third-order valence-corrected chi connectivity index (χ3v) is 7.18. The minimum absolute atomic E-state index is 0.00710. The molecule has 2 amide bonds. The average Bonchev–Trinajstić information content (AvgIpc) is 3.38. The van der Waals surface area contributed by atoms with Gasteiger partial charge in [0.2, 0.25) is 11.8 Å². The van der Waals surface area contributed by atoms with Crippen molar-refractivity contribution >= 4 is 27.7 Å². The Morgan fingerprint density at radius 3 is 2.38 bits per heavy atom. The monoisotopic (exact) mass is 454 g/mol. The normalized spacial score (nSPS) is 28.7. The standard InChI is InChI=1S/C23H23BrN2O3/c1-29-17-10-4-14(5-11-17)13-26-22(27)19-18-3-2-12-25(18)21(20(19)23(26)28)15-6-8-16(24)9-7-15/h4-11,18-21H,2-3,12-13H2,1H3/t18-,19+,20+,21-/m1/s1. The number of nitrogens with zero attached hydrogens (tertiary/aromatic N) is 2. The quantitative estimate of drug-likeness (QED) is 0.659. The number of fused-ring (bicyclic) bond motifs is 3. The van der Waals surface area contributed by atoms with Gasteiger partial charge in [0, 0.05) is 16.6 Å². The minimum atomic E-state index is -0.285. The lowest BCUT2D eigenvalue weighted by atomic mass is 9.85. The van der Waals surface area contributed by atoms with Crippen LogP contribution >= 0.6 is 15.9 Å². The van der Waals surface area contributed by atoms with Crippen molar-refractivity contribution in [1.82, 2.24) is 9.80 Å². The Morgan fingerprint density at radius 1 is 1.00 bits per heavy atom. The highest BCUT2D eigenvalue weighted by atomic mass is 79.9. The maximum absolute atomic E-state index is 13.5. The first kappa shape index (κ1) is 18.8. The number of hydrogen-bond donors (Lipinski definition) is 0. The van der Waals surface area contributed by atoms with E-state index in [1.54, 1.807) is 7.11 Å². The molecular weight excluding hydrogens is 432 g/mol. The molecule has 3 heterocycles. The molecule has 2 aromatic rings. The van der Waals surface area contributed by atoms with Gasteiger partial charge in [-0.15, -0.1) is 0 Å². The molecule has 150 valence electrons. The van der Waals surface area contributed by atoms with Gasteiger partial charge in [0.05, 0.1) is 25.5 Å². The van der Waals surface area contributed by atoms with Gasteiger partial charge < -0.3 is 4.74 Å². The Hall–Kier alpha value is -2.18. The van der Waals surface area contributed by atoms with Crippen LogP contribution in [0.15, 0.2) is 53.0 Å². The summed E-state index contributed by atoms with van der Waals surface area (Å²) in [5, 5.41) is 0. The zero-order valence-corrected chi connectivity index (χ0v) is 17.8. The molecule has 3 aliphatic rings. The molecule has 0 radical (unpaired) electrons. The largest absolute Gasteiger partial charge is 0.497 e. The number of carbonyl (C=O) groups excluding carboxylic acids is 2. The predicted molar refractivity (Wildman–Crippen MR) is 112 cm³/mol. The molecule has 3 aliphatic heterocycles. The Labute approximate surface area is 178 Å². The smallest absolute Gasteiger partial charge is 0.235 e. The molecule has 5 rings (SSSR count). The van der Waals surface area contributed by atoms with Crippen LogP contribution in [0.1, 0.15) is 30.0 Å². The summed E-state index contributed by atoms with van der Waals surface area (Å²) in [7, 11) is 1.62. The number of amides is 2. The van der Waals surface area contributed by atoms with E-state index in [9.17, 15) is 9.59 Å². The van der Waals surface area contributed by atoms with Gasteiger partial charge in [0.15, 0.2) is 0 Å². The number of carbonyl (C=O) groups is 2. The highest BCUT2D eigenvalue weighted by Gasteiger charge is 2.62. The van der Waals surface area contributed by atoms with Gasteiger partial charge in [0.25, 0.3) is 0 Å². The third-order valence-electron chi connectivity index (χ3n) is 6.65. The van der Waals surface area contributed by atoms with Gasteiger partial charge in [-0.1, -0.05) is 40.2 Å². The van der Waals surface area contributed by atoms with E-state index in [0.717, 1.165) is 40.7 Å². The molecule has 2 aromatic carbocycles. The Morgan fingerprint density at radius 2 is 1.69 bits per heavy atom. The second-order valence-electron chi connectivity index (χ2n) is 8.11. The molecule has 4 atom stereocenters. The fraction of sp³-hybridized carbons (Fsp3) is 0.391. The molecule has 0 N–H and O–H groups in total. The van der Waals surface area contributed by atoms with E-state index in [1.165, 1.54) is 4.90 Å². The van der Waals surface area contributed by atoms with Crippen LogP contribution < -0.4 is 4.74 Å². The van der Waals surface area contributed by atoms with E-state index in [4.69, 9.17) is 4.74 Å². The Kier molecular flexibility index (Phi) is 4.71. The molecule has 3 fully saturated rings. The van der Waals surface area contributed by atoms with Gasteiger partial charge in [-0.3, -0.25) is 19.4 Å². The van der Waals surface area contributed by atoms with Crippen LogP contribution in [-0.4, -0.2) is 41.3 Å². The summed E-state index contributed by atoms with van der Waals surface area (Å²) in [6.07, 6.45) is 2.07. The van der Waals surface area contributed by atoms with Crippen LogP contribution in [0.2, 0.25) is 0 Å². The lowest BCUT2D eigenvalue weighted by Gasteiger charge is -2.29. The summed E-state index contributed by atoms with van der Waals surface area (Å²) < 4.78 is 6.22. The van der Waals surface area contributed by atoms with Gasteiger partial charge in [-0.25, -0.2) is 0 Å². The Bertz CT molecular complexity index is 944. The van der Waals surface area contributed by atoms with E-state index in [2.05, 4.69) is 33.0 Å². The van der Waals surface area contributed by atoms with Crippen LogP contribution in [0.4, 0.5) is 0 Å². The molecule has 6 heteroatoms. The van der Waals surface area contributed by atoms with Crippen molar-refractivity contribution in [3.8, 4) is 5.75 Å². The van der Waals surface area contributed by atoms with Crippen LogP contribution in [-0.2, 0) is 16.1 Å². The highest BCUT2D eigenvalue weighted by Crippen LogP contribution is 2.53. The third kappa shape index (κ3) is 3.01. The van der Waals surface area contributed by atoms with Crippen molar-refractivity contribution in [2.45, 2.75) is 31.5 Å². The number of imide groups is 1. The predicted octanol–water partition coefficient (Wildman–Crippen LogP) is 3.78. The molecule has 5 nitrogen and oxygen atoms in total. The van der Waals surface area contributed by atoms with Crippen LogP contribution in [0, 0.1) is 11.8 Å². The van der Waals surface area contributed by atoms with E-state index in [0.29, 0.717) is 6.54 Å². The summed E-state index contributed by atoms with van der Waals surface area (Å²) in [5.41, 5.74) is 2.07. The summed E-state index contributed by atoms with van der Waals surface area (Å²) in [6.45, 7) is 1.28. The number of halogens is 1. The van der Waals surface area contributed by atoms with Crippen molar-refractivity contribution in [2.24, 2.45) is 11.8 Å². The molecule has 0 unspecified atom stereocenters. The zero-order chi connectivity index (χ0) is 20.1. The molecular formula is C23H23BrN2O3. The van der Waals surface area contributed by atoms with Gasteiger partial charge in [-0.2, -0.15) is 0 Å². The number of ether oxygens (including phenoxy) is 1. The molecule has 0 aromatic heterocycles. The SMILES string of the molecule is COc1ccc(CN2C(=O)[C@@H]3[C@H](C2=O)[C@@H](c2ccc(Br)cc2)N2CCC[C@H]32)cc1. The summed E-state index contributed by atoms with van der Waals surface area (Å²) >= 11 is 3.49. The first-order valence-electron chi connectivity index (χ1n) is 10.1. The summed E-state index contributed by atoms with van der Waals surface area (Å²) in [4.78, 5) is 30.7. The topological polar surface area (TPSA) is 49.9 Å². The van der Waals surface area contributed by atoms with Gasteiger partial charge >= 0.3 is 0 Å². The lowest BCUT2D eigenvalue weighted by molar-refractivity contribution is -0.142. The van der Waals surface area contributed by atoms with Gasteiger partial charge in [-0.05, 0) is 54.8 Å². The summed E-state index contributed by atoms with van der Waals surface area (Å²) in [5.74, 6) is 0.219. The Balaban J connectivity index is 1.46. The second kappa shape index (κ2) is 7.26. The van der Waals surface area contributed by atoms with Crippen molar-refractivity contribution in [3.05, 3.63) is 64.1 Å². The van der Waals surface area contributed by atoms with Crippen molar-refractivity contribution in [2.75, 3.05) is 13.7 Å². The average molecular weight is 455 g/mol. The van der Waals surface area contributed by atoms with Crippen LogP contribution in [0.25, 0.3) is 0 Å². The van der Waals surface area contributed by atoms with Gasteiger partial charge in [0.1, 0.15) is 5.75 Å². The minimum Gasteiger partial charge on any atom is -0.497 e. The molecule has 0 spiro atoms. The van der Waals surface area contributed by atoms with Crippen LogP contribution in [0.5, 0.6) is 5.75 Å². The highest BCUT2D eigenvalue weighted by molar-refractivity contribution is 9.10. The number of hydrogen-bond acceptors (Lipinski definition) is 4. The van der Waals surface area contributed by atoms with Crippen molar-refractivity contribution in [3.63, 3.8) is 0 Å². The van der Waals surface area contributed by atoms with E-state index in [-0.39, 0.29) is 35.7 Å². The lowest BCUT2D eigenvalue weighted by Crippen LogP contribution is -2.38.